The van der Waals surface area contributed by atoms with Crippen molar-refractivity contribution in [3.05, 3.63) is 0 Å². The number of nitrogens with two attached hydrogens (primary N) is 1. The summed E-state index contributed by atoms with van der Waals surface area (Å²) in [4.78, 5) is 11.0. The fraction of sp³-hybridized carbons (Fsp3) is 0.933. The molecule has 0 amide bonds. The van der Waals surface area contributed by atoms with E-state index in [1.807, 2.05) is 0 Å². The number of fused-ring (bicyclic) bond motifs is 2. The summed E-state index contributed by atoms with van der Waals surface area (Å²) in [6.45, 7) is 8.99. The van der Waals surface area contributed by atoms with Crippen molar-refractivity contribution in [1.82, 2.24) is 0 Å². The molecule has 2 bridgehead atoms. The maximum atomic E-state index is 11.0. The van der Waals surface area contributed by atoms with Gasteiger partial charge in [0.1, 0.15) is 5.54 Å². The Labute approximate surface area is 115 Å². The van der Waals surface area contributed by atoms with E-state index in [4.69, 9.17) is 15.6 Å². The lowest BCUT2D eigenvalue weighted by Crippen LogP contribution is -2.46. The third-order valence-electron chi connectivity index (χ3n) is 6.14. The molecule has 4 atom stereocenters. The van der Waals surface area contributed by atoms with Crippen molar-refractivity contribution in [2.45, 2.75) is 65.0 Å². The fourth-order valence-corrected chi connectivity index (χ4v) is 3.90. The van der Waals surface area contributed by atoms with Crippen LogP contribution in [-0.4, -0.2) is 29.3 Å². The zero-order valence-electron chi connectivity index (χ0n) is 12.5. The molecular formula is C15H27NO3. The standard InChI is InChI=1S/C15H27NO3/c1-13(2)10-5-6-14(13,3)11(9-10)19-8-7-15(4,16)12(17)18/h10-11H,5-9,16H2,1-4H3,(H,17,18). The molecule has 4 unspecified atom stereocenters. The van der Waals surface area contributed by atoms with E-state index in [2.05, 4.69) is 20.8 Å². The van der Waals surface area contributed by atoms with E-state index in [9.17, 15) is 4.79 Å². The molecule has 4 nitrogen and oxygen atoms in total. The van der Waals surface area contributed by atoms with Crippen LogP contribution >= 0.6 is 0 Å². The molecule has 2 rings (SSSR count). The molecule has 3 N–H and O–H groups in total. The van der Waals surface area contributed by atoms with Crippen LogP contribution in [0.1, 0.15) is 53.4 Å². The van der Waals surface area contributed by atoms with Crippen molar-refractivity contribution in [2.24, 2.45) is 22.5 Å². The van der Waals surface area contributed by atoms with Crippen LogP contribution < -0.4 is 5.73 Å². The zero-order valence-corrected chi connectivity index (χ0v) is 12.5. The van der Waals surface area contributed by atoms with E-state index in [-0.39, 0.29) is 11.5 Å². The molecule has 2 fully saturated rings. The van der Waals surface area contributed by atoms with E-state index in [0.717, 1.165) is 12.3 Å². The molecule has 19 heavy (non-hydrogen) atoms. The van der Waals surface area contributed by atoms with Crippen LogP contribution in [0.2, 0.25) is 0 Å². The molecule has 0 heterocycles. The van der Waals surface area contributed by atoms with Gasteiger partial charge in [-0.1, -0.05) is 20.8 Å². The van der Waals surface area contributed by atoms with E-state index >= 15 is 0 Å². The molecule has 0 aromatic heterocycles. The Kier molecular flexibility index (Phi) is 3.47. The highest BCUT2D eigenvalue weighted by molar-refractivity contribution is 5.77. The zero-order chi connectivity index (χ0) is 14.5. The van der Waals surface area contributed by atoms with Crippen molar-refractivity contribution < 1.29 is 14.6 Å². The average Bonchev–Trinajstić information content (AvgIpc) is 2.61. The molecule has 0 aliphatic heterocycles. The number of hydrogen-bond donors (Lipinski definition) is 2. The number of carboxylic acids is 1. The summed E-state index contributed by atoms with van der Waals surface area (Å²) < 4.78 is 6.02. The van der Waals surface area contributed by atoms with Crippen molar-refractivity contribution in [2.75, 3.05) is 6.61 Å². The Morgan fingerprint density at radius 3 is 2.53 bits per heavy atom. The minimum Gasteiger partial charge on any atom is -0.480 e. The molecule has 0 aromatic carbocycles. The number of carbonyl (C=O) groups is 1. The Bertz CT molecular complexity index is 378. The first kappa shape index (κ1) is 14.8. The maximum absolute atomic E-state index is 11.0. The summed E-state index contributed by atoms with van der Waals surface area (Å²) in [6.07, 6.45) is 4.24. The molecule has 0 radical (unpaired) electrons. The van der Waals surface area contributed by atoms with Crippen LogP contribution in [0.15, 0.2) is 0 Å². The lowest BCUT2D eigenvalue weighted by molar-refractivity contribution is -0.144. The van der Waals surface area contributed by atoms with Crippen molar-refractivity contribution in [3.63, 3.8) is 0 Å². The topological polar surface area (TPSA) is 72.5 Å². The maximum Gasteiger partial charge on any atom is 0.323 e. The molecule has 4 heteroatoms. The molecule has 2 saturated carbocycles. The van der Waals surface area contributed by atoms with Gasteiger partial charge in [0.2, 0.25) is 0 Å². The minimum absolute atomic E-state index is 0.228. The number of hydrogen-bond acceptors (Lipinski definition) is 3. The Morgan fingerprint density at radius 2 is 2.11 bits per heavy atom. The quantitative estimate of drug-likeness (QED) is 0.804. The number of rotatable bonds is 5. The monoisotopic (exact) mass is 269 g/mol. The van der Waals surface area contributed by atoms with E-state index in [0.29, 0.717) is 18.4 Å². The Balaban J connectivity index is 1.91. The van der Waals surface area contributed by atoms with Gasteiger partial charge in [0.05, 0.1) is 6.10 Å². The molecule has 0 spiro atoms. The SMILES string of the molecule is CC(N)(CCOC1CC2CCC1(C)C2(C)C)C(=O)O. The van der Waals surface area contributed by atoms with Gasteiger partial charge in [-0.3, -0.25) is 4.79 Å². The fourth-order valence-electron chi connectivity index (χ4n) is 3.90. The number of carboxylic acid groups (broad SMARTS) is 1. The summed E-state index contributed by atoms with van der Waals surface area (Å²) in [5, 5.41) is 8.99. The van der Waals surface area contributed by atoms with Gasteiger partial charge in [0.25, 0.3) is 0 Å². The predicted molar refractivity (Wildman–Crippen MR) is 73.8 cm³/mol. The van der Waals surface area contributed by atoms with E-state index < -0.39 is 11.5 Å². The largest absolute Gasteiger partial charge is 0.480 e. The number of aliphatic carboxylic acids is 1. The smallest absolute Gasteiger partial charge is 0.323 e. The van der Waals surface area contributed by atoms with Crippen LogP contribution in [-0.2, 0) is 9.53 Å². The Morgan fingerprint density at radius 1 is 1.47 bits per heavy atom. The summed E-state index contributed by atoms with van der Waals surface area (Å²) in [6, 6.07) is 0. The first-order chi connectivity index (χ1) is 8.61. The van der Waals surface area contributed by atoms with Crippen molar-refractivity contribution >= 4 is 5.97 Å². The summed E-state index contributed by atoms with van der Waals surface area (Å²) >= 11 is 0. The Hall–Kier alpha value is -0.610. The highest BCUT2D eigenvalue weighted by Crippen LogP contribution is 2.66. The highest BCUT2D eigenvalue weighted by atomic mass is 16.5. The van der Waals surface area contributed by atoms with Gasteiger partial charge in [0, 0.05) is 6.61 Å². The van der Waals surface area contributed by atoms with Gasteiger partial charge in [-0.05, 0) is 49.4 Å². The van der Waals surface area contributed by atoms with E-state index in [1.54, 1.807) is 6.92 Å². The second-order valence-corrected chi connectivity index (χ2v) is 7.44. The average molecular weight is 269 g/mol. The van der Waals surface area contributed by atoms with Crippen molar-refractivity contribution in [1.29, 1.82) is 0 Å². The van der Waals surface area contributed by atoms with Gasteiger partial charge < -0.3 is 15.6 Å². The van der Waals surface area contributed by atoms with Crippen LogP contribution in [0, 0.1) is 16.7 Å². The first-order valence-corrected chi connectivity index (χ1v) is 7.25. The normalized spacial score (nSPS) is 39.2. The van der Waals surface area contributed by atoms with Crippen LogP contribution in [0.3, 0.4) is 0 Å². The molecule has 2 aliphatic carbocycles. The second kappa shape index (κ2) is 4.45. The van der Waals surface area contributed by atoms with Gasteiger partial charge >= 0.3 is 5.97 Å². The third kappa shape index (κ3) is 2.19. The molecule has 0 aromatic rings. The third-order valence-corrected chi connectivity index (χ3v) is 6.14. The molecule has 110 valence electrons. The summed E-state index contributed by atoms with van der Waals surface area (Å²) in [5.41, 5.74) is 5.10. The lowest BCUT2D eigenvalue weighted by Gasteiger charge is -2.39. The molecular weight excluding hydrogens is 242 g/mol. The van der Waals surface area contributed by atoms with Gasteiger partial charge in [-0.15, -0.1) is 0 Å². The van der Waals surface area contributed by atoms with Crippen LogP contribution in [0.5, 0.6) is 0 Å². The number of ether oxygens (including phenoxy) is 1. The summed E-state index contributed by atoms with van der Waals surface area (Å²) in [7, 11) is 0. The van der Waals surface area contributed by atoms with E-state index in [1.165, 1.54) is 12.8 Å². The minimum atomic E-state index is -1.19. The van der Waals surface area contributed by atoms with Gasteiger partial charge in [-0.25, -0.2) is 0 Å². The van der Waals surface area contributed by atoms with Crippen molar-refractivity contribution in [3.8, 4) is 0 Å². The summed E-state index contributed by atoms with van der Waals surface area (Å²) in [5.74, 6) is -0.221. The van der Waals surface area contributed by atoms with Crippen LogP contribution in [0.25, 0.3) is 0 Å². The highest BCUT2D eigenvalue weighted by Gasteiger charge is 2.61. The second-order valence-electron chi connectivity index (χ2n) is 7.44. The molecule has 0 saturated heterocycles. The van der Waals surface area contributed by atoms with Crippen LogP contribution in [0.4, 0.5) is 0 Å². The molecule has 2 aliphatic rings. The first-order valence-electron chi connectivity index (χ1n) is 7.25. The van der Waals surface area contributed by atoms with Gasteiger partial charge in [-0.2, -0.15) is 0 Å². The predicted octanol–water partition coefficient (Wildman–Crippen LogP) is 2.41. The van der Waals surface area contributed by atoms with Gasteiger partial charge in [0.15, 0.2) is 0 Å². The lowest BCUT2D eigenvalue weighted by atomic mass is 9.70.